The molecule has 110 valence electrons. The fourth-order valence-electron chi connectivity index (χ4n) is 2.81. The van der Waals surface area contributed by atoms with E-state index in [-0.39, 0.29) is 11.7 Å². The van der Waals surface area contributed by atoms with Crippen molar-refractivity contribution >= 4 is 5.97 Å². The first-order valence-corrected chi connectivity index (χ1v) is 7.30. The fraction of sp³-hybridized carbons (Fsp3) is 0.562. The number of carbonyl (C=O) groups excluding carboxylic acids is 1. The van der Waals surface area contributed by atoms with Gasteiger partial charge in [-0.3, -0.25) is 5.32 Å². The van der Waals surface area contributed by atoms with Gasteiger partial charge in [0, 0.05) is 6.04 Å². The summed E-state index contributed by atoms with van der Waals surface area (Å²) in [6, 6.07) is 7.09. The highest BCUT2D eigenvalue weighted by Crippen LogP contribution is 2.28. The Labute approximate surface area is 120 Å². The van der Waals surface area contributed by atoms with Crippen LogP contribution in [-0.4, -0.2) is 23.7 Å². The lowest BCUT2D eigenvalue weighted by Crippen LogP contribution is -2.51. The third kappa shape index (κ3) is 3.12. The zero-order valence-corrected chi connectivity index (χ0v) is 12.2. The van der Waals surface area contributed by atoms with E-state index in [2.05, 4.69) is 5.32 Å². The van der Waals surface area contributed by atoms with Crippen molar-refractivity contribution in [2.24, 2.45) is 0 Å². The van der Waals surface area contributed by atoms with E-state index < -0.39 is 5.54 Å². The summed E-state index contributed by atoms with van der Waals surface area (Å²) in [7, 11) is 0. The highest BCUT2D eigenvalue weighted by atomic mass is 16.5. The smallest absolute Gasteiger partial charge is 0.330 e. The second-order valence-corrected chi connectivity index (χ2v) is 5.52. The van der Waals surface area contributed by atoms with Crippen molar-refractivity contribution in [1.29, 1.82) is 0 Å². The van der Waals surface area contributed by atoms with E-state index in [1.54, 1.807) is 24.3 Å². The molecule has 0 aliphatic heterocycles. The number of rotatable bonds is 5. The second kappa shape index (κ2) is 6.27. The molecule has 0 aromatic heterocycles. The minimum Gasteiger partial charge on any atom is -0.508 e. The van der Waals surface area contributed by atoms with Crippen molar-refractivity contribution in [3.63, 3.8) is 0 Å². The Balaban J connectivity index is 2.26. The summed E-state index contributed by atoms with van der Waals surface area (Å²) in [6.45, 7) is 4.03. The van der Waals surface area contributed by atoms with Crippen LogP contribution >= 0.6 is 0 Å². The Morgan fingerprint density at radius 3 is 2.50 bits per heavy atom. The van der Waals surface area contributed by atoms with Crippen molar-refractivity contribution in [3.8, 4) is 5.75 Å². The molecule has 0 radical (unpaired) electrons. The molecule has 1 unspecified atom stereocenters. The molecular weight excluding hydrogens is 254 g/mol. The maximum absolute atomic E-state index is 12.4. The van der Waals surface area contributed by atoms with Crippen molar-refractivity contribution in [2.45, 2.75) is 51.1 Å². The minimum absolute atomic E-state index is 0.195. The molecule has 1 aliphatic rings. The molecule has 20 heavy (non-hydrogen) atoms. The SMILES string of the molecule is CCOC(=O)C(C)(NC1CCCC1)c1ccc(O)cc1. The topological polar surface area (TPSA) is 58.6 Å². The number of carbonyl (C=O) groups is 1. The Morgan fingerprint density at radius 2 is 1.95 bits per heavy atom. The van der Waals surface area contributed by atoms with E-state index >= 15 is 0 Å². The Morgan fingerprint density at radius 1 is 1.35 bits per heavy atom. The van der Waals surface area contributed by atoms with Crippen LogP contribution in [0.15, 0.2) is 24.3 Å². The molecule has 2 N–H and O–H groups in total. The van der Waals surface area contributed by atoms with Crippen LogP contribution in [0.4, 0.5) is 0 Å². The van der Waals surface area contributed by atoms with E-state index in [4.69, 9.17) is 4.74 Å². The largest absolute Gasteiger partial charge is 0.508 e. The number of phenolic OH excluding ortho intramolecular Hbond substituents is 1. The zero-order chi connectivity index (χ0) is 14.6. The van der Waals surface area contributed by atoms with Gasteiger partial charge in [0.15, 0.2) is 0 Å². The number of esters is 1. The summed E-state index contributed by atoms with van der Waals surface area (Å²) in [6.07, 6.45) is 4.58. The summed E-state index contributed by atoms with van der Waals surface area (Å²) in [5, 5.41) is 12.9. The van der Waals surface area contributed by atoms with Gasteiger partial charge in [0.25, 0.3) is 0 Å². The van der Waals surface area contributed by atoms with E-state index in [9.17, 15) is 9.90 Å². The summed E-state index contributed by atoms with van der Waals surface area (Å²) in [5.74, 6) is -0.0709. The number of hydrogen-bond acceptors (Lipinski definition) is 4. The standard InChI is InChI=1S/C16H23NO3/c1-3-20-15(19)16(2,17-13-6-4-5-7-13)12-8-10-14(18)11-9-12/h8-11,13,17-18H,3-7H2,1-2H3. The third-order valence-corrected chi connectivity index (χ3v) is 3.98. The first-order chi connectivity index (χ1) is 9.56. The predicted molar refractivity (Wildman–Crippen MR) is 77.5 cm³/mol. The predicted octanol–water partition coefficient (Wildman–Crippen LogP) is 2.70. The van der Waals surface area contributed by atoms with Gasteiger partial charge >= 0.3 is 5.97 Å². The molecule has 1 fully saturated rings. The van der Waals surface area contributed by atoms with E-state index in [0.29, 0.717) is 12.6 Å². The van der Waals surface area contributed by atoms with Gasteiger partial charge in [0.05, 0.1) is 6.61 Å². The molecule has 4 heteroatoms. The first-order valence-electron chi connectivity index (χ1n) is 7.30. The van der Waals surface area contributed by atoms with Gasteiger partial charge in [0.2, 0.25) is 0 Å². The highest BCUT2D eigenvalue weighted by Gasteiger charge is 2.39. The number of nitrogens with one attached hydrogen (secondary N) is 1. The monoisotopic (exact) mass is 277 g/mol. The Bertz CT molecular complexity index is 451. The zero-order valence-electron chi connectivity index (χ0n) is 12.2. The van der Waals surface area contributed by atoms with E-state index in [0.717, 1.165) is 18.4 Å². The van der Waals surface area contributed by atoms with E-state index in [1.165, 1.54) is 12.8 Å². The normalized spacial score (nSPS) is 18.7. The summed E-state index contributed by atoms with van der Waals surface area (Å²) in [5.41, 5.74) is -0.0423. The van der Waals surface area contributed by atoms with Gasteiger partial charge in [0.1, 0.15) is 11.3 Å². The number of phenols is 1. The molecule has 1 atom stereocenters. The van der Waals surface area contributed by atoms with Crippen LogP contribution in [-0.2, 0) is 15.1 Å². The van der Waals surface area contributed by atoms with Crippen LogP contribution in [0.25, 0.3) is 0 Å². The molecule has 4 nitrogen and oxygen atoms in total. The Hall–Kier alpha value is -1.55. The maximum atomic E-state index is 12.4. The molecule has 1 saturated carbocycles. The van der Waals surface area contributed by atoms with Crippen LogP contribution in [0.1, 0.15) is 45.1 Å². The van der Waals surface area contributed by atoms with Gasteiger partial charge < -0.3 is 9.84 Å². The minimum atomic E-state index is -0.862. The van der Waals surface area contributed by atoms with Crippen molar-refractivity contribution in [2.75, 3.05) is 6.61 Å². The lowest BCUT2D eigenvalue weighted by atomic mass is 9.90. The van der Waals surface area contributed by atoms with Crippen molar-refractivity contribution in [1.82, 2.24) is 5.32 Å². The van der Waals surface area contributed by atoms with Gasteiger partial charge in [-0.2, -0.15) is 0 Å². The number of aromatic hydroxyl groups is 1. The van der Waals surface area contributed by atoms with Gasteiger partial charge in [-0.1, -0.05) is 25.0 Å². The lowest BCUT2D eigenvalue weighted by Gasteiger charge is -2.32. The average molecular weight is 277 g/mol. The average Bonchev–Trinajstić information content (AvgIpc) is 2.92. The molecule has 0 saturated heterocycles. The van der Waals surface area contributed by atoms with Crippen LogP contribution in [0.5, 0.6) is 5.75 Å². The molecule has 0 spiro atoms. The molecule has 0 amide bonds. The van der Waals surface area contributed by atoms with Gasteiger partial charge in [-0.25, -0.2) is 4.79 Å². The van der Waals surface area contributed by atoms with E-state index in [1.807, 2.05) is 13.8 Å². The molecule has 2 rings (SSSR count). The quantitative estimate of drug-likeness (QED) is 0.812. The molecule has 0 bridgehead atoms. The highest BCUT2D eigenvalue weighted by molar-refractivity contribution is 5.82. The summed E-state index contributed by atoms with van der Waals surface area (Å²) in [4.78, 5) is 12.4. The Kier molecular flexibility index (Phi) is 4.65. The van der Waals surface area contributed by atoms with Crippen molar-refractivity contribution < 1.29 is 14.6 Å². The molecule has 1 aliphatic carbocycles. The van der Waals surface area contributed by atoms with Crippen LogP contribution in [0, 0.1) is 0 Å². The maximum Gasteiger partial charge on any atom is 0.330 e. The first kappa shape index (κ1) is 14.9. The summed E-state index contributed by atoms with van der Waals surface area (Å²) < 4.78 is 5.24. The van der Waals surface area contributed by atoms with Gasteiger partial charge in [-0.05, 0) is 44.4 Å². The molecular formula is C16H23NO3. The fourth-order valence-corrected chi connectivity index (χ4v) is 2.81. The molecule has 1 aromatic rings. The third-order valence-electron chi connectivity index (χ3n) is 3.98. The van der Waals surface area contributed by atoms with Crippen LogP contribution in [0.3, 0.4) is 0 Å². The number of hydrogen-bond donors (Lipinski definition) is 2. The van der Waals surface area contributed by atoms with Crippen molar-refractivity contribution in [3.05, 3.63) is 29.8 Å². The van der Waals surface area contributed by atoms with Gasteiger partial charge in [-0.15, -0.1) is 0 Å². The summed E-state index contributed by atoms with van der Waals surface area (Å²) >= 11 is 0. The number of benzene rings is 1. The molecule has 0 heterocycles. The molecule has 1 aromatic carbocycles. The van der Waals surface area contributed by atoms with Crippen LogP contribution < -0.4 is 5.32 Å². The lowest BCUT2D eigenvalue weighted by molar-refractivity contribution is -0.151. The second-order valence-electron chi connectivity index (χ2n) is 5.52. The number of ether oxygens (including phenoxy) is 1. The van der Waals surface area contributed by atoms with Crippen LogP contribution in [0.2, 0.25) is 0 Å².